The molecule has 0 aliphatic carbocycles. The lowest BCUT2D eigenvalue weighted by Gasteiger charge is -2.27. The Balaban J connectivity index is 2.15. The number of hydrogen-bond donors (Lipinski definition) is 7. The molecule has 1 heterocycles. The van der Waals surface area contributed by atoms with Crippen LogP contribution in [0.3, 0.4) is 0 Å². The van der Waals surface area contributed by atoms with Crippen LogP contribution in [0, 0.1) is 11.8 Å². The molecule has 12 heteroatoms. The lowest BCUT2D eigenvalue weighted by atomic mass is 10.00. The van der Waals surface area contributed by atoms with E-state index in [-0.39, 0.29) is 12.3 Å². The summed E-state index contributed by atoms with van der Waals surface area (Å²) in [4.78, 5) is 65.3. The molecule has 0 saturated carbocycles. The number of aromatic amines is 1. The quantitative estimate of drug-likeness (QED) is 0.180. The van der Waals surface area contributed by atoms with E-state index in [1.165, 1.54) is 0 Å². The van der Waals surface area contributed by atoms with E-state index in [9.17, 15) is 29.1 Å². The van der Waals surface area contributed by atoms with Gasteiger partial charge >= 0.3 is 5.97 Å². The number of para-hydroxylation sites is 1. The smallest absolute Gasteiger partial charge is 0.326 e. The lowest BCUT2D eigenvalue weighted by molar-refractivity contribution is -0.142. The van der Waals surface area contributed by atoms with Gasteiger partial charge in [-0.2, -0.15) is 0 Å². The molecule has 0 aliphatic rings. The van der Waals surface area contributed by atoms with Crippen LogP contribution in [-0.2, 0) is 30.4 Å². The van der Waals surface area contributed by atoms with Crippen molar-refractivity contribution >= 4 is 40.5 Å². The van der Waals surface area contributed by atoms with Crippen LogP contribution in [-0.4, -0.2) is 63.9 Å². The second-order valence-corrected chi connectivity index (χ2v) is 10.2. The summed E-state index contributed by atoms with van der Waals surface area (Å²) in [6.45, 7) is 7.10. The lowest BCUT2D eigenvalue weighted by Crippen LogP contribution is -2.59. The van der Waals surface area contributed by atoms with Gasteiger partial charge in [-0.25, -0.2) is 4.79 Å². The summed E-state index contributed by atoms with van der Waals surface area (Å²) in [5.74, 6) is -4.56. The van der Waals surface area contributed by atoms with Gasteiger partial charge in [0.25, 0.3) is 0 Å². The molecule has 4 amide bonds. The third-order valence-electron chi connectivity index (χ3n) is 6.06. The molecule has 1 aromatic carbocycles. The number of primary amides is 1. The molecule has 208 valence electrons. The highest BCUT2D eigenvalue weighted by Crippen LogP contribution is 2.19. The van der Waals surface area contributed by atoms with Gasteiger partial charge < -0.3 is 37.5 Å². The van der Waals surface area contributed by atoms with E-state index in [4.69, 9.17) is 11.5 Å². The maximum atomic E-state index is 13.1. The number of aromatic nitrogens is 1. The molecule has 0 saturated heterocycles. The van der Waals surface area contributed by atoms with Gasteiger partial charge in [0.2, 0.25) is 23.6 Å². The standard InChI is InChI=1S/C26H38N6O6/c1-13(2)9-17(27)23(34)30-19(11-21(28)33)24(35)32-22(14(3)4)25(36)31-20(26(37)38)10-15-12-29-18-8-6-5-7-16(15)18/h5-8,12-14,17,19-20,22,29H,9-11,27H2,1-4H3,(H2,28,33)(H,30,34)(H,31,36)(H,32,35)(H,37,38). The summed E-state index contributed by atoms with van der Waals surface area (Å²) >= 11 is 0. The van der Waals surface area contributed by atoms with E-state index in [1.54, 1.807) is 20.0 Å². The first-order chi connectivity index (χ1) is 17.8. The molecule has 38 heavy (non-hydrogen) atoms. The van der Waals surface area contributed by atoms with Crippen LogP contribution in [0.1, 0.15) is 46.1 Å². The number of amides is 4. The predicted octanol–water partition coefficient (Wildman–Crippen LogP) is 0.154. The minimum atomic E-state index is -1.35. The van der Waals surface area contributed by atoms with Crippen LogP contribution in [0.15, 0.2) is 30.5 Å². The molecule has 9 N–H and O–H groups in total. The number of nitrogens with one attached hydrogen (secondary N) is 4. The topological polar surface area (TPSA) is 209 Å². The minimum Gasteiger partial charge on any atom is -0.480 e. The molecule has 0 aliphatic heterocycles. The number of benzene rings is 1. The van der Waals surface area contributed by atoms with Gasteiger partial charge in [-0.1, -0.05) is 45.9 Å². The van der Waals surface area contributed by atoms with Gasteiger partial charge in [0.1, 0.15) is 18.1 Å². The Morgan fingerprint density at radius 1 is 0.921 bits per heavy atom. The van der Waals surface area contributed by atoms with E-state index in [0.717, 1.165) is 10.9 Å². The highest BCUT2D eigenvalue weighted by atomic mass is 16.4. The van der Waals surface area contributed by atoms with E-state index in [1.807, 2.05) is 38.1 Å². The van der Waals surface area contributed by atoms with Crippen molar-refractivity contribution in [3.05, 3.63) is 36.0 Å². The fourth-order valence-corrected chi connectivity index (χ4v) is 4.07. The number of rotatable bonds is 14. The van der Waals surface area contributed by atoms with Crippen LogP contribution in [0.5, 0.6) is 0 Å². The zero-order valence-corrected chi connectivity index (χ0v) is 22.1. The molecule has 12 nitrogen and oxygen atoms in total. The van der Waals surface area contributed by atoms with Gasteiger partial charge in [-0.15, -0.1) is 0 Å². The Hall–Kier alpha value is -3.93. The number of carbonyl (C=O) groups is 5. The molecular formula is C26H38N6O6. The monoisotopic (exact) mass is 530 g/mol. The van der Waals surface area contributed by atoms with Gasteiger partial charge in [0.05, 0.1) is 12.5 Å². The zero-order valence-electron chi connectivity index (χ0n) is 22.1. The molecule has 0 bridgehead atoms. The van der Waals surface area contributed by atoms with Crippen molar-refractivity contribution in [3.63, 3.8) is 0 Å². The van der Waals surface area contributed by atoms with Crippen LogP contribution >= 0.6 is 0 Å². The van der Waals surface area contributed by atoms with Crippen molar-refractivity contribution in [2.75, 3.05) is 0 Å². The number of H-pyrrole nitrogens is 1. The maximum Gasteiger partial charge on any atom is 0.326 e. The van der Waals surface area contributed by atoms with Crippen LogP contribution in [0.2, 0.25) is 0 Å². The van der Waals surface area contributed by atoms with Gasteiger partial charge in [-0.3, -0.25) is 19.2 Å². The van der Waals surface area contributed by atoms with E-state index in [2.05, 4.69) is 20.9 Å². The van der Waals surface area contributed by atoms with Gasteiger partial charge in [0.15, 0.2) is 0 Å². The Morgan fingerprint density at radius 3 is 2.13 bits per heavy atom. The highest BCUT2D eigenvalue weighted by molar-refractivity contribution is 5.96. The number of hydrogen-bond acceptors (Lipinski definition) is 6. The number of carboxylic acid groups (broad SMARTS) is 1. The molecule has 0 spiro atoms. The molecular weight excluding hydrogens is 492 g/mol. The number of carbonyl (C=O) groups excluding carboxylic acids is 4. The first kappa shape index (κ1) is 30.3. The van der Waals surface area contributed by atoms with Crippen LogP contribution < -0.4 is 27.4 Å². The molecule has 0 radical (unpaired) electrons. The summed E-state index contributed by atoms with van der Waals surface area (Å²) in [5.41, 5.74) is 12.7. The summed E-state index contributed by atoms with van der Waals surface area (Å²) in [7, 11) is 0. The van der Waals surface area contributed by atoms with Gasteiger partial charge in [-0.05, 0) is 29.9 Å². The van der Waals surface area contributed by atoms with E-state index >= 15 is 0 Å². The van der Waals surface area contributed by atoms with E-state index in [0.29, 0.717) is 12.0 Å². The Bertz CT molecular complexity index is 1160. The third-order valence-corrected chi connectivity index (χ3v) is 6.06. The second-order valence-electron chi connectivity index (χ2n) is 10.2. The number of nitrogens with two attached hydrogens (primary N) is 2. The molecule has 0 fully saturated rings. The first-order valence-electron chi connectivity index (χ1n) is 12.5. The number of aliphatic carboxylic acids is 1. The molecule has 4 unspecified atom stereocenters. The Morgan fingerprint density at radius 2 is 1.55 bits per heavy atom. The zero-order chi connectivity index (χ0) is 28.6. The van der Waals surface area contributed by atoms with E-state index < -0.39 is 66.1 Å². The third kappa shape index (κ3) is 8.58. The molecule has 2 rings (SSSR count). The molecule has 1 aromatic heterocycles. The average molecular weight is 531 g/mol. The molecule has 4 atom stereocenters. The normalized spacial score (nSPS) is 14.5. The fraction of sp³-hybridized carbons (Fsp3) is 0.500. The largest absolute Gasteiger partial charge is 0.480 e. The Labute approximate surface area is 221 Å². The Kier molecular flexibility index (Phi) is 10.8. The SMILES string of the molecule is CC(C)CC(N)C(=O)NC(CC(N)=O)C(=O)NC(C(=O)NC(Cc1c[nH]c2ccccc12)C(=O)O)C(C)C. The van der Waals surface area contributed by atoms with Gasteiger partial charge in [0, 0.05) is 23.5 Å². The number of carboxylic acids is 1. The second kappa shape index (κ2) is 13.6. The van der Waals surface area contributed by atoms with Crippen molar-refractivity contribution in [1.82, 2.24) is 20.9 Å². The maximum absolute atomic E-state index is 13.1. The van der Waals surface area contributed by atoms with Crippen molar-refractivity contribution in [3.8, 4) is 0 Å². The molecule has 2 aromatic rings. The van der Waals surface area contributed by atoms with Crippen molar-refractivity contribution in [2.24, 2.45) is 23.3 Å². The summed E-state index contributed by atoms with van der Waals surface area (Å²) in [5, 5.41) is 18.1. The highest BCUT2D eigenvalue weighted by Gasteiger charge is 2.33. The number of fused-ring (bicyclic) bond motifs is 1. The fourth-order valence-electron chi connectivity index (χ4n) is 4.07. The summed E-state index contributed by atoms with van der Waals surface area (Å²) in [6.07, 6.45) is 1.56. The summed E-state index contributed by atoms with van der Waals surface area (Å²) < 4.78 is 0. The predicted molar refractivity (Wildman–Crippen MR) is 142 cm³/mol. The summed E-state index contributed by atoms with van der Waals surface area (Å²) in [6, 6.07) is 2.71. The van der Waals surface area contributed by atoms with Crippen LogP contribution in [0.4, 0.5) is 0 Å². The average Bonchev–Trinajstić information content (AvgIpc) is 3.23. The minimum absolute atomic E-state index is 0.0119. The first-order valence-corrected chi connectivity index (χ1v) is 12.5. The van der Waals surface area contributed by atoms with Crippen molar-refractivity contribution in [2.45, 2.75) is 71.1 Å². The van der Waals surface area contributed by atoms with Crippen molar-refractivity contribution in [1.29, 1.82) is 0 Å². The van der Waals surface area contributed by atoms with Crippen molar-refractivity contribution < 1.29 is 29.1 Å². The van der Waals surface area contributed by atoms with Crippen LogP contribution in [0.25, 0.3) is 10.9 Å².